The molecule has 5 nitrogen and oxygen atoms in total. The number of nitrogens with one attached hydrogen (secondary N) is 1. The van der Waals surface area contributed by atoms with Gasteiger partial charge in [0.25, 0.3) is 0 Å². The molecule has 1 saturated carbocycles. The predicted molar refractivity (Wildman–Crippen MR) is 108 cm³/mol. The molecule has 4 rings (SSSR count). The smallest absolute Gasteiger partial charge is 0.228 e. The van der Waals surface area contributed by atoms with Crippen molar-refractivity contribution in [2.75, 3.05) is 18.4 Å². The van der Waals surface area contributed by atoms with Crippen molar-refractivity contribution in [1.29, 1.82) is 0 Å². The van der Waals surface area contributed by atoms with Crippen molar-refractivity contribution in [3.63, 3.8) is 0 Å². The van der Waals surface area contributed by atoms with Crippen molar-refractivity contribution < 1.29 is 14.3 Å². The number of anilines is 1. The van der Waals surface area contributed by atoms with E-state index in [2.05, 4.69) is 5.32 Å². The van der Waals surface area contributed by atoms with Crippen molar-refractivity contribution >= 4 is 29.1 Å². The molecule has 2 fully saturated rings. The summed E-state index contributed by atoms with van der Waals surface area (Å²) in [5.74, 6) is 0.450. The molecule has 2 amide bonds. The topological polar surface area (TPSA) is 58.6 Å². The maximum absolute atomic E-state index is 12.4. The molecule has 0 spiro atoms. The zero-order chi connectivity index (χ0) is 19.5. The van der Waals surface area contributed by atoms with Crippen LogP contribution in [-0.2, 0) is 16.2 Å². The van der Waals surface area contributed by atoms with E-state index in [1.54, 1.807) is 0 Å². The first-order valence-corrected chi connectivity index (χ1v) is 10.0. The van der Waals surface area contributed by atoms with Crippen LogP contribution in [0.2, 0.25) is 5.02 Å². The minimum atomic E-state index is -0.200. The summed E-state index contributed by atoms with van der Waals surface area (Å²) < 4.78 is 5.75. The molecule has 2 atom stereocenters. The molecule has 1 aliphatic heterocycles. The van der Waals surface area contributed by atoms with E-state index in [1.807, 2.05) is 53.4 Å². The lowest BCUT2D eigenvalue weighted by atomic mass is 10.2. The minimum absolute atomic E-state index is 0.0765. The van der Waals surface area contributed by atoms with E-state index in [0.717, 1.165) is 37.2 Å². The monoisotopic (exact) mass is 398 g/mol. The standard InChI is InChI=1S/C22H23ClN2O3/c23-16-5-3-15(4-6-16)14-28-18-9-7-17(8-10-18)24-21(26)19-13-20(19)22(27)25-11-1-2-12-25/h3-10,19-20H,1-2,11-14H2,(H,24,26). The largest absolute Gasteiger partial charge is 0.489 e. The number of halogens is 1. The van der Waals surface area contributed by atoms with Crippen molar-refractivity contribution in [1.82, 2.24) is 4.90 Å². The molecule has 1 saturated heterocycles. The van der Waals surface area contributed by atoms with Gasteiger partial charge in [-0.05, 0) is 61.2 Å². The number of hydrogen-bond acceptors (Lipinski definition) is 3. The number of hydrogen-bond donors (Lipinski definition) is 1. The normalized spacial score (nSPS) is 20.7. The molecule has 2 aromatic rings. The van der Waals surface area contributed by atoms with E-state index >= 15 is 0 Å². The van der Waals surface area contributed by atoms with Crippen LogP contribution in [0.1, 0.15) is 24.8 Å². The Hall–Kier alpha value is -2.53. The first kappa shape index (κ1) is 18.8. The van der Waals surface area contributed by atoms with Gasteiger partial charge in [0.15, 0.2) is 0 Å². The van der Waals surface area contributed by atoms with Crippen LogP contribution in [0.4, 0.5) is 5.69 Å². The molecule has 146 valence electrons. The lowest BCUT2D eigenvalue weighted by Gasteiger charge is -2.14. The average Bonchev–Trinajstić information content (AvgIpc) is 3.33. The van der Waals surface area contributed by atoms with Gasteiger partial charge in [-0.3, -0.25) is 9.59 Å². The molecule has 0 aromatic heterocycles. The molecule has 1 N–H and O–H groups in total. The van der Waals surface area contributed by atoms with E-state index in [0.29, 0.717) is 23.7 Å². The van der Waals surface area contributed by atoms with Gasteiger partial charge in [-0.25, -0.2) is 0 Å². The second-order valence-electron chi connectivity index (χ2n) is 7.41. The van der Waals surface area contributed by atoms with Gasteiger partial charge in [-0.2, -0.15) is 0 Å². The Labute approximate surface area is 169 Å². The van der Waals surface area contributed by atoms with E-state index in [1.165, 1.54) is 0 Å². The molecule has 0 bridgehead atoms. The summed E-state index contributed by atoms with van der Waals surface area (Å²) >= 11 is 5.88. The quantitative estimate of drug-likeness (QED) is 0.796. The van der Waals surface area contributed by atoms with E-state index in [4.69, 9.17) is 16.3 Å². The first-order valence-electron chi connectivity index (χ1n) is 9.67. The lowest BCUT2D eigenvalue weighted by molar-refractivity contribution is -0.133. The summed E-state index contributed by atoms with van der Waals surface area (Å²) in [6, 6.07) is 14.8. The Morgan fingerprint density at radius 2 is 1.68 bits per heavy atom. The highest BCUT2D eigenvalue weighted by atomic mass is 35.5. The first-order chi connectivity index (χ1) is 13.6. The third-order valence-corrected chi connectivity index (χ3v) is 5.55. The zero-order valence-electron chi connectivity index (χ0n) is 15.6. The number of amides is 2. The van der Waals surface area contributed by atoms with Crippen molar-refractivity contribution in [3.8, 4) is 5.75 Å². The number of benzene rings is 2. The molecule has 28 heavy (non-hydrogen) atoms. The van der Waals surface area contributed by atoms with Crippen LogP contribution in [0.25, 0.3) is 0 Å². The zero-order valence-corrected chi connectivity index (χ0v) is 16.3. The summed E-state index contributed by atoms with van der Waals surface area (Å²) in [6.45, 7) is 2.12. The molecule has 2 aliphatic rings. The molecule has 1 aliphatic carbocycles. The highest BCUT2D eigenvalue weighted by Gasteiger charge is 2.49. The van der Waals surface area contributed by atoms with Crippen molar-refractivity contribution in [2.45, 2.75) is 25.9 Å². The summed E-state index contributed by atoms with van der Waals surface area (Å²) in [7, 11) is 0. The highest BCUT2D eigenvalue weighted by Crippen LogP contribution is 2.41. The number of carbonyl (C=O) groups excluding carboxylic acids is 2. The average molecular weight is 399 g/mol. The van der Waals surface area contributed by atoms with E-state index in [9.17, 15) is 9.59 Å². The molecular formula is C22H23ClN2O3. The predicted octanol–water partition coefficient (Wildman–Crippen LogP) is 4.12. The number of nitrogens with zero attached hydrogens (tertiary/aromatic N) is 1. The van der Waals surface area contributed by atoms with Crippen LogP contribution in [0.5, 0.6) is 5.75 Å². The van der Waals surface area contributed by atoms with Crippen molar-refractivity contribution in [3.05, 3.63) is 59.1 Å². The van der Waals surface area contributed by atoms with Crippen LogP contribution in [-0.4, -0.2) is 29.8 Å². The third-order valence-electron chi connectivity index (χ3n) is 5.30. The fraction of sp³-hybridized carbons (Fsp3) is 0.364. The Balaban J connectivity index is 1.25. The maximum Gasteiger partial charge on any atom is 0.228 e. The second-order valence-corrected chi connectivity index (χ2v) is 7.85. The Morgan fingerprint density at radius 1 is 1.00 bits per heavy atom. The molecule has 2 aromatic carbocycles. The SMILES string of the molecule is O=C(Nc1ccc(OCc2ccc(Cl)cc2)cc1)C1CC1C(=O)N1CCCC1. The number of rotatable bonds is 6. The maximum atomic E-state index is 12.4. The van der Waals surface area contributed by atoms with E-state index in [-0.39, 0.29) is 23.7 Å². The van der Waals surface area contributed by atoms with Gasteiger partial charge in [0.1, 0.15) is 12.4 Å². The molecule has 1 heterocycles. The third kappa shape index (κ3) is 4.47. The Morgan fingerprint density at radius 3 is 2.36 bits per heavy atom. The van der Waals surface area contributed by atoms with Gasteiger partial charge in [0, 0.05) is 23.8 Å². The molecule has 6 heteroatoms. The summed E-state index contributed by atoms with van der Waals surface area (Å²) in [5, 5.41) is 3.60. The molecule has 2 unspecified atom stereocenters. The van der Waals surface area contributed by atoms with Crippen LogP contribution < -0.4 is 10.1 Å². The Kier molecular flexibility index (Phi) is 5.53. The minimum Gasteiger partial charge on any atom is -0.489 e. The summed E-state index contributed by atoms with van der Waals surface area (Å²) in [6.07, 6.45) is 2.80. The fourth-order valence-corrected chi connectivity index (χ4v) is 3.67. The highest BCUT2D eigenvalue weighted by molar-refractivity contribution is 6.30. The molecule has 0 radical (unpaired) electrons. The number of ether oxygens (including phenoxy) is 1. The van der Waals surface area contributed by atoms with Gasteiger partial charge in [-0.15, -0.1) is 0 Å². The van der Waals surface area contributed by atoms with Crippen molar-refractivity contribution in [2.24, 2.45) is 11.8 Å². The van der Waals surface area contributed by atoms with Crippen LogP contribution in [0.3, 0.4) is 0 Å². The second kappa shape index (κ2) is 8.23. The van der Waals surface area contributed by atoms with Gasteiger partial charge in [0.05, 0.1) is 11.8 Å². The number of likely N-dealkylation sites (tertiary alicyclic amines) is 1. The fourth-order valence-electron chi connectivity index (χ4n) is 3.55. The Bertz CT molecular complexity index is 845. The van der Waals surface area contributed by atoms with Crippen LogP contribution in [0.15, 0.2) is 48.5 Å². The van der Waals surface area contributed by atoms with Gasteiger partial charge in [0.2, 0.25) is 11.8 Å². The van der Waals surface area contributed by atoms with E-state index < -0.39 is 0 Å². The van der Waals surface area contributed by atoms with Gasteiger partial charge in [-0.1, -0.05) is 23.7 Å². The summed E-state index contributed by atoms with van der Waals surface area (Å²) in [5.41, 5.74) is 1.74. The van der Waals surface area contributed by atoms with Crippen LogP contribution >= 0.6 is 11.6 Å². The van der Waals surface area contributed by atoms with Gasteiger partial charge >= 0.3 is 0 Å². The lowest BCUT2D eigenvalue weighted by Crippen LogP contribution is -2.30. The number of carbonyl (C=O) groups is 2. The van der Waals surface area contributed by atoms with Crippen LogP contribution in [0, 0.1) is 11.8 Å². The van der Waals surface area contributed by atoms with Gasteiger partial charge < -0.3 is 15.0 Å². The molecular weight excluding hydrogens is 376 g/mol. The summed E-state index contributed by atoms with van der Waals surface area (Å²) in [4.78, 5) is 26.6.